The Morgan fingerprint density at radius 3 is 2.88 bits per heavy atom. The molecular weight excluding hydrogens is 212 g/mol. The molecule has 2 rings (SSSR count). The summed E-state index contributed by atoms with van der Waals surface area (Å²) in [7, 11) is 0. The van der Waals surface area contributed by atoms with E-state index in [9.17, 15) is 0 Å². The van der Waals surface area contributed by atoms with Crippen molar-refractivity contribution >= 4 is 0 Å². The topological polar surface area (TPSA) is 41.1 Å². The molecule has 1 N–H and O–H groups in total. The molecule has 0 radical (unpaired) electrons. The van der Waals surface area contributed by atoms with Crippen molar-refractivity contribution in [2.24, 2.45) is 0 Å². The number of aryl methyl sites for hydroxylation is 1. The predicted octanol–water partition coefficient (Wildman–Crippen LogP) is 1.40. The Morgan fingerprint density at radius 1 is 1.41 bits per heavy atom. The average molecular weight is 234 g/mol. The number of hydrogen-bond acceptors (Lipinski definition) is 4. The number of hydrogen-bond donors (Lipinski definition) is 1. The molecule has 1 aromatic heterocycles. The lowest BCUT2D eigenvalue weighted by molar-refractivity contribution is 0.179. The highest BCUT2D eigenvalue weighted by atomic mass is 15.2. The Morgan fingerprint density at radius 2 is 2.18 bits per heavy atom. The van der Waals surface area contributed by atoms with Gasteiger partial charge in [-0.05, 0) is 19.4 Å². The van der Waals surface area contributed by atoms with E-state index in [1.165, 1.54) is 5.69 Å². The second kappa shape index (κ2) is 6.07. The van der Waals surface area contributed by atoms with E-state index in [0.717, 1.165) is 44.8 Å². The third kappa shape index (κ3) is 3.23. The summed E-state index contributed by atoms with van der Waals surface area (Å²) in [5.74, 6) is 0.970. The zero-order chi connectivity index (χ0) is 12.1. The maximum atomic E-state index is 4.66. The lowest BCUT2D eigenvalue weighted by Gasteiger charge is -2.31. The van der Waals surface area contributed by atoms with Crippen molar-refractivity contribution < 1.29 is 0 Å². The molecule has 1 fully saturated rings. The van der Waals surface area contributed by atoms with E-state index in [1.807, 2.05) is 12.3 Å². The number of nitrogens with zero attached hydrogens (tertiary/aromatic N) is 3. The second-order valence-electron chi connectivity index (χ2n) is 4.62. The molecule has 1 aliphatic rings. The first kappa shape index (κ1) is 12.5. The van der Waals surface area contributed by atoms with Gasteiger partial charge >= 0.3 is 0 Å². The van der Waals surface area contributed by atoms with Gasteiger partial charge in [0.2, 0.25) is 0 Å². The monoisotopic (exact) mass is 234 g/mol. The highest BCUT2D eigenvalue weighted by Crippen LogP contribution is 2.16. The molecular formula is C13H22N4. The molecule has 4 heteroatoms. The van der Waals surface area contributed by atoms with Crippen molar-refractivity contribution in [3.8, 4) is 0 Å². The Hall–Kier alpha value is -1.00. The molecule has 4 nitrogen and oxygen atoms in total. The van der Waals surface area contributed by atoms with Crippen molar-refractivity contribution in [1.82, 2.24) is 20.2 Å². The van der Waals surface area contributed by atoms with Crippen LogP contribution in [0.4, 0.5) is 0 Å². The van der Waals surface area contributed by atoms with Gasteiger partial charge < -0.3 is 5.32 Å². The normalized spacial score (nSPS) is 19.2. The van der Waals surface area contributed by atoms with Gasteiger partial charge in [0.25, 0.3) is 0 Å². The molecule has 0 amide bonds. The van der Waals surface area contributed by atoms with Crippen LogP contribution in [0.25, 0.3) is 0 Å². The largest absolute Gasteiger partial charge is 0.314 e. The van der Waals surface area contributed by atoms with Crippen LogP contribution < -0.4 is 5.32 Å². The molecule has 17 heavy (non-hydrogen) atoms. The fraction of sp³-hybridized carbons (Fsp3) is 0.692. The summed E-state index contributed by atoms with van der Waals surface area (Å²) < 4.78 is 0. The summed E-state index contributed by atoms with van der Waals surface area (Å²) in [6.45, 7) is 8.70. The molecule has 0 spiro atoms. The van der Waals surface area contributed by atoms with Crippen LogP contribution in [-0.4, -0.2) is 41.0 Å². The predicted molar refractivity (Wildman–Crippen MR) is 68.9 cm³/mol. The molecule has 1 unspecified atom stereocenters. The first-order valence-electron chi connectivity index (χ1n) is 6.58. The molecule has 1 aliphatic heterocycles. The van der Waals surface area contributed by atoms with Crippen molar-refractivity contribution in [3.05, 3.63) is 23.8 Å². The Bertz CT molecular complexity index is 347. The number of nitrogens with one attached hydrogen (secondary N) is 1. The van der Waals surface area contributed by atoms with E-state index >= 15 is 0 Å². The van der Waals surface area contributed by atoms with Crippen LogP contribution in [0.1, 0.15) is 37.8 Å². The van der Waals surface area contributed by atoms with Gasteiger partial charge in [-0.3, -0.25) is 4.90 Å². The zero-order valence-electron chi connectivity index (χ0n) is 10.8. The fourth-order valence-corrected chi connectivity index (χ4v) is 2.24. The van der Waals surface area contributed by atoms with Crippen molar-refractivity contribution in [2.45, 2.75) is 32.7 Å². The van der Waals surface area contributed by atoms with Gasteiger partial charge in [-0.2, -0.15) is 0 Å². The van der Waals surface area contributed by atoms with Gasteiger partial charge in [-0.15, -0.1) is 0 Å². The van der Waals surface area contributed by atoms with Crippen LogP contribution in [0.15, 0.2) is 12.3 Å². The van der Waals surface area contributed by atoms with Crippen molar-refractivity contribution in [1.29, 1.82) is 0 Å². The van der Waals surface area contributed by atoms with Crippen LogP contribution in [0.3, 0.4) is 0 Å². The van der Waals surface area contributed by atoms with E-state index in [0.29, 0.717) is 6.04 Å². The van der Waals surface area contributed by atoms with Crippen LogP contribution >= 0.6 is 0 Å². The smallest absolute Gasteiger partial charge is 0.145 e. The molecule has 1 aromatic rings. The molecule has 0 aromatic carbocycles. The summed E-state index contributed by atoms with van der Waals surface area (Å²) in [5.41, 5.74) is 1.17. The highest BCUT2D eigenvalue weighted by molar-refractivity contribution is 5.05. The standard InChI is InChI=1S/C13H22N4/c1-3-4-12-5-6-15-13(16-12)11(2)17-9-7-14-8-10-17/h5-6,11,14H,3-4,7-10H2,1-2H3. The van der Waals surface area contributed by atoms with Gasteiger partial charge in [0.15, 0.2) is 0 Å². The van der Waals surface area contributed by atoms with Crippen LogP contribution in [0.5, 0.6) is 0 Å². The Kier molecular flexibility index (Phi) is 4.45. The van der Waals surface area contributed by atoms with Gasteiger partial charge in [0.1, 0.15) is 5.82 Å². The summed E-state index contributed by atoms with van der Waals surface area (Å²) in [4.78, 5) is 11.5. The lowest BCUT2D eigenvalue weighted by Crippen LogP contribution is -2.44. The summed E-state index contributed by atoms with van der Waals surface area (Å²) in [5, 5.41) is 3.37. The molecule has 0 saturated carbocycles. The first-order chi connectivity index (χ1) is 8.31. The van der Waals surface area contributed by atoms with Gasteiger partial charge in [0.05, 0.1) is 6.04 Å². The van der Waals surface area contributed by atoms with E-state index in [2.05, 4.69) is 34.0 Å². The maximum absolute atomic E-state index is 4.66. The van der Waals surface area contributed by atoms with Gasteiger partial charge in [-0.25, -0.2) is 9.97 Å². The van der Waals surface area contributed by atoms with Crippen LogP contribution in [0, 0.1) is 0 Å². The second-order valence-corrected chi connectivity index (χ2v) is 4.62. The Balaban J connectivity index is 2.06. The van der Waals surface area contributed by atoms with Gasteiger partial charge in [-0.1, -0.05) is 13.3 Å². The third-order valence-electron chi connectivity index (χ3n) is 3.31. The highest BCUT2D eigenvalue weighted by Gasteiger charge is 2.19. The number of rotatable bonds is 4. The average Bonchev–Trinajstić information content (AvgIpc) is 2.40. The van der Waals surface area contributed by atoms with Crippen molar-refractivity contribution in [3.63, 3.8) is 0 Å². The quantitative estimate of drug-likeness (QED) is 0.855. The molecule has 94 valence electrons. The van der Waals surface area contributed by atoms with Crippen molar-refractivity contribution in [2.75, 3.05) is 26.2 Å². The lowest BCUT2D eigenvalue weighted by atomic mass is 10.2. The van der Waals surface area contributed by atoms with E-state index in [4.69, 9.17) is 0 Å². The summed E-state index contributed by atoms with van der Waals surface area (Å²) >= 11 is 0. The van der Waals surface area contributed by atoms with Crippen LogP contribution in [0.2, 0.25) is 0 Å². The molecule has 0 bridgehead atoms. The molecule has 1 atom stereocenters. The molecule has 2 heterocycles. The molecule has 0 aliphatic carbocycles. The summed E-state index contributed by atoms with van der Waals surface area (Å²) in [6, 6.07) is 2.35. The number of aromatic nitrogens is 2. The minimum absolute atomic E-state index is 0.328. The van der Waals surface area contributed by atoms with E-state index in [-0.39, 0.29) is 0 Å². The molecule has 1 saturated heterocycles. The zero-order valence-corrected chi connectivity index (χ0v) is 10.8. The SMILES string of the molecule is CCCc1ccnc(C(C)N2CCNCC2)n1. The van der Waals surface area contributed by atoms with E-state index < -0.39 is 0 Å². The Labute approximate surface area is 103 Å². The number of piperazine rings is 1. The summed E-state index contributed by atoms with van der Waals surface area (Å²) in [6.07, 6.45) is 4.08. The first-order valence-corrected chi connectivity index (χ1v) is 6.58. The maximum Gasteiger partial charge on any atom is 0.145 e. The van der Waals surface area contributed by atoms with E-state index in [1.54, 1.807) is 0 Å². The third-order valence-corrected chi connectivity index (χ3v) is 3.31. The fourth-order valence-electron chi connectivity index (χ4n) is 2.24. The minimum Gasteiger partial charge on any atom is -0.314 e. The minimum atomic E-state index is 0.328. The van der Waals surface area contributed by atoms with Gasteiger partial charge in [0, 0.05) is 38.1 Å². The van der Waals surface area contributed by atoms with Crippen LogP contribution in [-0.2, 0) is 6.42 Å².